The highest BCUT2D eigenvalue weighted by molar-refractivity contribution is 5.73. The molecule has 1 aromatic rings. The number of hydrogen-bond acceptors (Lipinski definition) is 0. The van der Waals surface area contributed by atoms with Crippen molar-refractivity contribution in [3.8, 4) is 0 Å². The van der Waals surface area contributed by atoms with Crippen LogP contribution in [0.15, 0.2) is 43.0 Å². The normalized spacial score (nSPS) is 11.9. The van der Waals surface area contributed by atoms with Gasteiger partial charge in [-0.2, -0.15) is 0 Å². The molecule has 0 heteroatoms. The number of benzene rings is 1. The Balaban J connectivity index is 3.11. The fourth-order valence-electron chi connectivity index (χ4n) is 1.48. The van der Waals surface area contributed by atoms with Crippen LogP contribution in [0.4, 0.5) is 0 Å². The number of allylic oxidation sites excluding steroid dienone is 3. The average Bonchev–Trinajstić information content (AvgIpc) is 2.20. The standard InChI is InChI=1S/C14H18/c1-5-12(6-2)14-9-7-8-13(10-14)11(3)4/h5-11H,1H2,2-4H3/b12-6+. The minimum atomic E-state index is 0.581. The minimum Gasteiger partial charge on any atom is -0.0985 e. The summed E-state index contributed by atoms with van der Waals surface area (Å²) in [7, 11) is 0. The molecule has 0 aliphatic heterocycles. The summed E-state index contributed by atoms with van der Waals surface area (Å²) in [5.41, 5.74) is 3.84. The lowest BCUT2D eigenvalue weighted by molar-refractivity contribution is 0.866. The molecule has 0 bridgehead atoms. The van der Waals surface area contributed by atoms with Crippen molar-refractivity contribution in [1.82, 2.24) is 0 Å². The lowest BCUT2D eigenvalue weighted by Crippen LogP contribution is -1.89. The first kappa shape index (κ1) is 10.8. The summed E-state index contributed by atoms with van der Waals surface area (Å²) in [5.74, 6) is 0.581. The van der Waals surface area contributed by atoms with E-state index in [1.54, 1.807) is 0 Å². The van der Waals surface area contributed by atoms with Crippen LogP contribution < -0.4 is 0 Å². The van der Waals surface area contributed by atoms with Gasteiger partial charge in [0.25, 0.3) is 0 Å². The fraction of sp³-hybridized carbons (Fsp3) is 0.286. The first-order valence-electron chi connectivity index (χ1n) is 5.08. The van der Waals surface area contributed by atoms with Gasteiger partial charge < -0.3 is 0 Å². The summed E-state index contributed by atoms with van der Waals surface area (Å²) < 4.78 is 0. The topological polar surface area (TPSA) is 0 Å². The van der Waals surface area contributed by atoms with Crippen LogP contribution in [0.5, 0.6) is 0 Å². The van der Waals surface area contributed by atoms with Crippen molar-refractivity contribution < 1.29 is 0 Å². The van der Waals surface area contributed by atoms with Crippen molar-refractivity contribution in [3.05, 3.63) is 54.1 Å². The molecular weight excluding hydrogens is 168 g/mol. The first-order valence-corrected chi connectivity index (χ1v) is 5.08. The molecule has 1 aromatic carbocycles. The summed E-state index contributed by atoms with van der Waals surface area (Å²) in [6, 6.07) is 8.65. The first-order chi connectivity index (χ1) is 6.69. The van der Waals surface area contributed by atoms with Crippen LogP contribution in [0.2, 0.25) is 0 Å². The molecular formula is C14H18. The van der Waals surface area contributed by atoms with Gasteiger partial charge in [-0.05, 0) is 29.5 Å². The minimum absolute atomic E-state index is 0.581. The van der Waals surface area contributed by atoms with Crippen LogP contribution in [0, 0.1) is 0 Å². The molecule has 14 heavy (non-hydrogen) atoms. The molecule has 0 N–H and O–H groups in total. The van der Waals surface area contributed by atoms with Gasteiger partial charge >= 0.3 is 0 Å². The maximum Gasteiger partial charge on any atom is -0.0185 e. The highest BCUT2D eigenvalue weighted by atomic mass is 14.1. The summed E-state index contributed by atoms with van der Waals surface area (Å²) in [6.07, 6.45) is 3.99. The molecule has 0 radical (unpaired) electrons. The van der Waals surface area contributed by atoms with E-state index in [1.807, 2.05) is 13.0 Å². The third kappa shape index (κ3) is 2.35. The smallest absolute Gasteiger partial charge is 0.0185 e. The molecule has 0 aliphatic carbocycles. The van der Waals surface area contributed by atoms with Crippen LogP contribution in [0.25, 0.3) is 5.57 Å². The van der Waals surface area contributed by atoms with Gasteiger partial charge in [0.15, 0.2) is 0 Å². The zero-order chi connectivity index (χ0) is 10.6. The Hall–Kier alpha value is -1.30. The zero-order valence-corrected chi connectivity index (χ0v) is 9.25. The SMILES string of the molecule is C=C/C(=C\C)c1cccc(C(C)C)c1. The molecule has 0 aromatic heterocycles. The van der Waals surface area contributed by atoms with Crippen LogP contribution >= 0.6 is 0 Å². The van der Waals surface area contributed by atoms with Crippen molar-refractivity contribution in [1.29, 1.82) is 0 Å². The Morgan fingerprint density at radius 1 is 1.36 bits per heavy atom. The van der Waals surface area contributed by atoms with E-state index in [0.717, 1.165) is 0 Å². The quantitative estimate of drug-likeness (QED) is 0.614. The van der Waals surface area contributed by atoms with Gasteiger partial charge in [0.1, 0.15) is 0 Å². The molecule has 0 fully saturated rings. The predicted octanol–water partition coefficient (Wildman–Crippen LogP) is 4.40. The van der Waals surface area contributed by atoms with Crippen LogP contribution in [0.3, 0.4) is 0 Å². The molecule has 1 rings (SSSR count). The van der Waals surface area contributed by atoms with Gasteiger partial charge in [-0.3, -0.25) is 0 Å². The zero-order valence-electron chi connectivity index (χ0n) is 9.25. The van der Waals surface area contributed by atoms with Crippen LogP contribution in [-0.4, -0.2) is 0 Å². The maximum atomic E-state index is 3.81. The van der Waals surface area contributed by atoms with Gasteiger partial charge in [-0.15, -0.1) is 0 Å². The Labute approximate surface area is 87.0 Å². The second kappa shape index (κ2) is 4.80. The van der Waals surface area contributed by atoms with Crippen molar-refractivity contribution in [2.45, 2.75) is 26.7 Å². The lowest BCUT2D eigenvalue weighted by Gasteiger charge is -2.08. The van der Waals surface area contributed by atoms with E-state index in [-0.39, 0.29) is 0 Å². The number of hydrogen-bond donors (Lipinski definition) is 0. The van der Waals surface area contributed by atoms with Crippen molar-refractivity contribution >= 4 is 5.57 Å². The van der Waals surface area contributed by atoms with Gasteiger partial charge in [0.05, 0.1) is 0 Å². The maximum absolute atomic E-state index is 3.81. The highest BCUT2D eigenvalue weighted by Crippen LogP contribution is 2.21. The molecule has 0 nitrogen and oxygen atoms in total. The summed E-state index contributed by atoms with van der Waals surface area (Å²) in [5, 5.41) is 0. The molecule has 0 unspecified atom stereocenters. The van der Waals surface area contributed by atoms with Crippen molar-refractivity contribution in [3.63, 3.8) is 0 Å². The summed E-state index contributed by atoms with van der Waals surface area (Å²) in [6.45, 7) is 10.3. The fourth-order valence-corrected chi connectivity index (χ4v) is 1.48. The summed E-state index contributed by atoms with van der Waals surface area (Å²) in [4.78, 5) is 0. The van der Waals surface area contributed by atoms with Gasteiger partial charge in [-0.1, -0.05) is 56.8 Å². The largest absolute Gasteiger partial charge is 0.0985 e. The molecule has 0 amide bonds. The molecule has 0 saturated heterocycles. The Morgan fingerprint density at radius 3 is 2.57 bits per heavy atom. The third-order valence-electron chi connectivity index (χ3n) is 2.42. The lowest BCUT2D eigenvalue weighted by atomic mass is 9.97. The van der Waals surface area contributed by atoms with Crippen molar-refractivity contribution in [2.24, 2.45) is 0 Å². The van der Waals surface area contributed by atoms with E-state index < -0.39 is 0 Å². The Morgan fingerprint density at radius 2 is 2.07 bits per heavy atom. The van der Waals surface area contributed by atoms with Crippen LogP contribution in [-0.2, 0) is 0 Å². The van der Waals surface area contributed by atoms with E-state index in [9.17, 15) is 0 Å². The average molecular weight is 186 g/mol. The predicted molar refractivity (Wildman–Crippen MR) is 64.4 cm³/mol. The monoisotopic (exact) mass is 186 g/mol. The Kier molecular flexibility index (Phi) is 3.70. The van der Waals surface area contributed by atoms with Crippen LogP contribution in [0.1, 0.15) is 37.8 Å². The van der Waals surface area contributed by atoms with Crippen molar-refractivity contribution in [2.75, 3.05) is 0 Å². The second-order valence-electron chi connectivity index (χ2n) is 3.73. The summed E-state index contributed by atoms with van der Waals surface area (Å²) >= 11 is 0. The highest BCUT2D eigenvalue weighted by Gasteiger charge is 2.01. The van der Waals surface area contributed by atoms with Gasteiger partial charge in [0, 0.05) is 0 Å². The van der Waals surface area contributed by atoms with E-state index in [4.69, 9.17) is 0 Å². The van der Waals surface area contributed by atoms with E-state index >= 15 is 0 Å². The number of rotatable bonds is 3. The van der Waals surface area contributed by atoms with E-state index in [2.05, 4.69) is 50.8 Å². The van der Waals surface area contributed by atoms with Gasteiger partial charge in [0.2, 0.25) is 0 Å². The third-order valence-corrected chi connectivity index (χ3v) is 2.42. The molecule has 74 valence electrons. The second-order valence-corrected chi connectivity index (χ2v) is 3.73. The van der Waals surface area contributed by atoms with Gasteiger partial charge in [-0.25, -0.2) is 0 Å². The molecule has 0 heterocycles. The molecule has 0 aliphatic rings. The van der Waals surface area contributed by atoms with E-state index in [0.29, 0.717) is 5.92 Å². The molecule has 0 atom stereocenters. The van der Waals surface area contributed by atoms with E-state index in [1.165, 1.54) is 16.7 Å². The molecule has 0 saturated carbocycles. The molecule has 0 spiro atoms. The Bertz CT molecular complexity index is 343.